The van der Waals surface area contributed by atoms with E-state index in [2.05, 4.69) is 25.3 Å². The van der Waals surface area contributed by atoms with Crippen molar-refractivity contribution in [2.45, 2.75) is 0 Å². The molecule has 9 heteroatoms. The zero-order valence-corrected chi connectivity index (χ0v) is 14.1. The van der Waals surface area contributed by atoms with Gasteiger partial charge in [0.25, 0.3) is 5.91 Å². The number of nitrogens with zero attached hydrogens (tertiary/aromatic N) is 2. The highest BCUT2D eigenvalue weighted by molar-refractivity contribution is 6.09. The summed E-state index contributed by atoms with van der Waals surface area (Å²) < 4.78 is 4.52. The molecule has 0 aliphatic rings. The van der Waals surface area contributed by atoms with Crippen molar-refractivity contribution in [1.82, 2.24) is 15.3 Å². The largest absolute Gasteiger partial charge is 0.507 e. The number of amides is 3. The van der Waals surface area contributed by atoms with E-state index in [1.165, 1.54) is 49.8 Å². The summed E-state index contributed by atoms with van der Waals surface area (Å²) in [5.41, 5.74) is 1.53. The molecule has 0 spiro atoms. The number of urea groups is 1. The van der Waals surface area contributed by atoms with Gasteiger partial charge < -0.3 is 15.2 Å². The van der Waals surface area contributed by atoms with Gasteiger partial charge in [-0.15, -0.1) is 0 Å². The molecule has 0 atom stereocenters. The highest BCUT2D eigenvalue weighted by Gasteiger charge is 2.14. The first kappa shape index (κ1) is 17.8. The van der Waals surface area contributed by atoms with Gasteiger partial charge in [0.05, 0.1) is 18.1 Å². The minimum absolute atomic E-state index is 0.0446. The second-order valence-electron chi connectivity index (χ2n) is 5.39. The molecule has 3 rings (SSSR count). The van der Waals surface area contributed by atoms with Crippen molar-refractivity contribution in [3.63, 3.8) is 0 Å². The Morgan fingerprint density at radius 2 is 1.74 bits per heavy atom. The Labute approximate surface area is 153 Å². The molecule has 3 N–H and O–H groups in total. The molecule has 136 valence electrons. The van der Waals surface area contributed by atoms with Crippen molar-refractivity contribution in [1.29, 1.82) is 0 Å². The van der Waals surface area contributed by atoms with E-state index < -0.39 is 17.9 Å². The lowest BCUT2D eigenvalue weighted by molar-refractivity contribution is 0.0597. The lowest BCUT2D eigenvalue weighted by Crippen LogP contribution is -2.34. The molecule has 0 bridgehead atoms. The summed E-state index contributed by atoms with van der Waals surface area (Å²) in [4.78, 5) is 43.8. The van der Waals surface area contributed by atoms with Crippen LogP contribution in [0, 0.1) is 0 Å². The summed E-state index contributed by atoms with van der Waals surface area (Å²) in [6.07, 6.45) is 3.04. The number of anilines is 1. The van der Waals surface area contributed by atoms with Gasteiger partial charge in [0.2, 0.25) is 0 Å². The van der Waals surface area contributed by atoms with Crippen LogP contribution in [0.2, 0.25) is 0 Å². The zero-order valence-electron chi connectivity index (χ0n) is 14.1. The van der Waals surface area contributed by atoms with E-state index in [1.807, 2.05) is 0 Å². The van der Waals surface area contributed by atoms with E-state index in [9.17, 15) is 19.5 Å². The summed E-state index contributed by atoms with van der Waals surface area (Å²) in [7, 11) is 1.19. The molecule has 3 amide bonds. The summed E-state index contributed by atoms with van der Waals surface area (Å²) in [6.45, 7) is 0. The number of phenols is 1. The van der Waals surface area contributed by atoms with Gasteiger partial charge >= 0.3 is 12.0 Å². The SMILES string of the molecule is COC(=O)c1ccc(NC(=O)NC(=O)c2ccc3nccnc3c2)cc1O. The molecular formula is C18H14N4O5. The van der Waals surface area contributed by atoms with Gasteiger partial charge in [0, 0.05) is 29.7 Å². The van der Waals surface area contributed by atoms with Gasteiger partial charge in [-0.1, -0.05) is 0 Å². The van der Waals surface area contributed by atoms with Crippen LogP contribution in [-0.2, 0) is 4.74 Å². The Kier molecular flexibility index (Phi) is 4.93. The smallest absolute Gasteiger partial charge is 0.341 e. The number of rotatable bonds is 3. The maximum atomic E-state index is 12.2. The predicted octanol–water partition coefficient (Wildman–Crippen LogP) is 2.08. The second kappa shape index (κ2) is 7.48. The van der Waals surface area contributed by atoms with Crippen molar-refractivity contribution < 1.29 is 24.2 Å². The van der Waals surface area contributed by atoms with Crippen LogP contribution in [0.1, 0.15) is 20.7 Å². The molecule has 0 unspecified atom stereocenters. The number of carbonyl (C=O) groups is 3. The number of esters is 1. The maximum absolute atomic E-state index is 12.2. The average molecular weight is 366 g/mol. The fraction of sp³-hybridized carbons (Fsp3) is 0.0556. The van der Waals surface area contributed by atoms with Crippen molar-refractivity contribution in [3.05, 3.63) is 59.9 Å². The van der Waals surface area contributed by atoms with E-state index in [1.54, 1.807) is 6.07 Å². The second-order valence-corrected chi connectivity index (χ2v) is 5.39. The first-order valence-corrected chi connectivity index (χ1v) is 7.72. The number of aromatic nitrogens is 2. The highest BCUT2D eigenvalue weighted by atomic mass is 16.5. The Hall–Kier alpha value is -4.01. The summed E-state index contributed by atoms with van der Waals surface area (Å²) in [5.74, 6) is -1.70. The highest BCUT2D eigenvalue weighted by Crippen LogP contribution is 2.22. The van der Waals surface area contributed by atoms with Crippen LogP contribution in [0.3, 0.4) is 0 Å². The first-order chi connectivity index (χ1) is 13.0. The fourth-order valence-corrected chi connectivity index (χ4v) is 2.33. The minimum atomic E-state index is -0.801. The average Bonchev–Trinajstić information content (AvgIpc) is 2.67. The van der Waals surface area contributed by atoms with Crippen LogP contribution >= 0.6 is 0 Å². The number of ether oxygens (including phenoxy) is 1. The van der Waals surface area contributed by atoms with Crippen molar-refractivity contribution in [2.75, 3.05) is 12.4 Å². The number of benzene rings is 2. The lowest BCUT2D eigenvalue weighted by atomic mass is 10.2. The Bertz CT molecular complexity index is 1050. The number of aromatic hydroxyl groups is 1. The molecular weight excluding hydrogens is 352 g/mol. The molecule has 27 heavy (non-hydrogen) atoms. The minimum Gasteiger partial charge on any atom is -0.507 e. The van der Waals surface area contributed by atoms with E-state index >= 15 is 0 Å². The lowest BCUT2D eigenvalue weighted by Gasteiger charge is -2.09. The molecule has 9 nitrogen and oxygen atoms in total. The molecule has 2 aromatic carbocycles. The summed E-state index contributed by atoms with van der Waals surface area (Å²) in [6, 6.07) is 7.71. The Morgan fingerprint density at radius 3 is 2.44 bits per heavy atom. The van der Waals surface area contributed by atoms with Gasteiger partial charge in [0.15, 0.2) is 0 Å². The van der Waals surface area contributed by atoms with Gasteiger partial charge in [0.1, 0.15) is 11.3 Å². The number of methoxy groups -OCH3 is 1. The molecule has 0 saturated heterocycles. The van der Waals surface area contributed by atoms with E-state index in [0.29, 0.717) is 11.0 Å². The zero-order chi connectivity index (χ0) is 19.4. The monoisotopic (exact) mass is 366 g/mol. The number of imide groups is 1. The van der Waals surface area contributed by atoms with Crippen molar-refractivity contribution >= 4 is 34.6 Å². The first-order valence-electron chi connectivity index (χ1n) is 7.72. The number of fused-ring (bicyclic) bond motifs is 1. The normalized spacial score (nSPS) is 10.3. The van der Waals surface area contributed by atoms with Gasteiger partial charge in [-0.05, 0) is 30.3 Å². The van der Waals surface area contributed by atoms with E-state index in [0.717, 1.165) is 0 Å². The van der Waals surface area contributed by atoms with Crippen molar-refractivity contribution in [2.24, 2.45) is 0 Å². The van der Waals surface area contributed by atoms with Crippen LogP contribution in [0.4, 0.5) is 10.5 Å². The van der Waals surface area contributed by atoms with Crippen LogP contribution in [-0.4, -0.2) is 40.1 Å². The van der Waals surface area contributed by atoms with Crippen LogP contribution in [0.25, 0.3) is 11.0 Å². The standard InChI is InChI=1S/C18H14N4O5/c1-27-17(25)12-4-3-11(9-15(12)23)21-18(26)22-16(24)10-2-5-13-14(8-10)20-7-6-19-13/h2-9,23H,1H3,(H2,21,22,24,26). The molecule has 0 aliphatic carbocycles. The molecule has 1 heterocycles. The third kappa shape index (κ3) is 3.98. The third-order valence-electron chi connectivity index (χ3n) is 3.62. The van der Waals surface area contributed by atoms with E-state index in [4.69, 9.17) is 0 Å². The quantitative estimate of drug-likeness (QED) is 0.605. The molecule has 0 saturated carbocycles. The third-order valence-corrected chi connectivity index (χ3v) is 3.62. The number of hydrogen-bond acceptors (Lipinski definition) is 7. The van der Waals surface area contributed by atoms with Crippen LogP contribution < -0.4 is 10.6 Å². The molecule has 1 aromatic heterocycles. The number of phenolic OH excluding ortho intramolecular Hbond substituents is 1. The molecule has 0 aliphatic heterocycles. The number of carbonyl (C=O) groups excluding carboxylic acids is 3. The predicted molar refractivity (Wildman–Crippen MR) is 95.5 cm³/mol. The molecule has 3 aromatic rings. The van der Waals surface area contributed by atoms with Gasteiger partial charge in [-0.2, -0.15) is 0 Å². The number of hydrogen-bond donors (Lipinski definition) is 3. The Morgan fingerprint density at radius 1 is 1.00 bits per heavy atom. The van der Waals surface area contributed by atoms with Crippen LogP contribution in [0.15, 0.2) is 48.8 Å². The number of nitrogens with one attached hydrogen (secondary N) is 2. The molecule has 0 radical (unpaired) electrons. The summed E-state index contributed by atoms with van der Waals surface area (Å²) >= 11 is 0. The topological polar surface area (TPSA) is 131 Å². The fourth-order valence-electron chi connectivity index (χ4n) is 2.33. The van der Waals surface area contributed by atoms with E-state index in [-0.39, 0.29) is 22.6 Å². The van der Waals surface area contributed by atoms with Crippen molar-refractivity contribution in [3.8, 4) is 5.75 Å². The van der Waals surface area contributed by atoms with Crippen LogP contribution in [0.5, 0.6) is 5.75 Å². The summed E-state index contributed by atoms with van der Waals surface area (Å²) in [5, 5.41) is 14.4. The molecule has 0 fully saturated rings. The maximum Gasteiger partial charge on any atom is 0.341 e. The Balaban J connectivity index is 1.68. The van der Waals surface area contributed by atoms with Gasteiger partial charge in [-0.25, -0.2) is 9.59 Å². The van der Waals surface area contributed by atoms with Gasteiger partial charge in [-0.3, -0.25) is 20.1 Å².